The molecule has 6 heteroatoms. The number of rotatable bonds is 9. The molecule has 33 heavy (non-hydrogen) atoms. The fraction of sp³-hybridized carbons (Fsp3) is 0.333. The maximum Gasteiger partial charge on any atom is 0.254 e. The monoisotopic (exact) mass is 466 g/mol. The molecule has 0 radical (unpaired) electrons. The summed E-state index contributed by atoms with van der Waals surface area (Å²) in [6, 6.07) is 15.6. The Hall–Kier alpha value is -2.99. The van der Waals surface area contributed by atoms with E-state index in [0.29, 0.717) is 18.7 Å². The Balaban J connectivity index is 1.81. The first-order valence-corrected chi connectivity index (χ1v) is 12.1. The third kappa shape index (κ3) is 6.51. The Kier molecular flexibility index (Phi) is 8.39. The predicted molar refractivity (Wildman–Crippen MR) is 132 cm³/mol. The van der Waals surface area contributed by atoms with Crippen LogP contribution in [0.25, 0.3) is 0 Å². The number of amides is 2. The summed E-state index contributed by atoms with van der Waals surface area (Å²) in [5.41, 5.74) is 3.71. The second-order valence-corrected chi connectivity index (χ2v) is 9.48. The summed E-state index contributed by atoms with van der Waals surface area (Å²) < 4.78 is 13.4. The zero-order chi connectivity index (χ0) is 24.0. The maximum atomic E-state index is 13.5. The van der Waals surface area contributed by atoms with Crippen molar-refractivity contribution in [2.75, 3.05) is 6.54 Å². The largest absolute Gasteiger partial charge is 0.332 e. The number of aryl methyl sites for hydroxylation is 2. The van der Waals surface area contributed by atoms with Crippen LogP contribution < -0.4 is 0 Å². The summed E-state index contributed by atoms with van der Waals surface area (Å²) in [4.78, 5) is 31.2. The van der Waals surface area contributed by atoms with Crippen LogP contribution in [0.2, 0.25) is 0 Å². The third-order valence-corrected chi connectivity index (χ3v) is 6.75. The molecular weight excluding hydrogens is 435 g/mol. The molecule has 3 rings (SSSR count). The normalized spacial score (nSPS) is 11.0. The number of hydrogen-bond donors (Lipinski definition) is 0. The Bertz CT molecular complexity index is 1070. The van der Waals surface area contributed by atoms with E-state index in [1.807, 2.05) is 56.5 Å². The average molecular weight is 467 g/mol. The van der Waals surface area contributed by atoms with Gasteiger partial charge in [-0.15, -0.1) is 11.3 Å². The quantitative estimate of drug-likeness (QED) is 0.398. The lowest BCUT2D eigenvalue weighted by molar-refractivity contribution is -0.133. The molecule has 0 N–H and O–H groups in total. The third-order valence-electron chi connectivity index (χ3n) is 5.74. The van der Waals surface area contributed by atoms with E-state index in [1.165, 1.54) is 12.1 Å². The van der Waals surface area contributed by atoms with Crippen molar-refractivity contribution in [1.82, 2.24) is 9.80 Å². The van der Waals surface area contributed by atoms with E-state index in [2.05, 4.69) is 6.92 Å². The number of carbonyl (C=O) groups is 2. The van der Waals surface area contributed by atoms with Crippen LogP contribution in [-0.2, 0) is 24.3 Å². The molecule has 4 nitrogen and oxygen atoms in total. The fourth-order valence-electron chi connectivity index (χ4n) is 3.57. The van der Waals surface area contributed by atoms with Gasteiger partial charge in [0.2, 0.25) is 5.91 Å². The molecule has 0 saturated heterocycles. The summed E-state index contributed by atoms with van der Waals surface area (Å²) in [5.74, 6) is -0.606. The Morgan fingerprint density at radius 1 is 0.939 bits per heavy atom. The molecule has 0 unspecified atom stereocenters. The Morgan fingerprint density at radius 2 is 1.58 bits per heavy atom. The topological polar surface area (TPSA) is 40.6 Å². The molecule has 0 aliphatic heterocycles. The molecule has 0 bridgehead atoms. The molecule has 0 aliphatic carbocycles. The van der Waals surface area contributed by atoms with Crippen LogP contribution in [0.5, 0.6) is 0 Å². The Morgan fingerprint density at radius 3 is 2.12 bits per heavy atom. The molecule has 0 fully saturated rings. The van der Waals surface area contributed by atoms with Gasteiger partial charge in [0.1, 0.15) is 12.4 Å². The molecular formula is C27H31FN2O2S. The molecule has 2 amide bonds. The first-order chi connectivity index (χ1) is 15.8. The van der Waals surface area contributed by atoms with Gasteiger partial charge in [-0.25, -0.2) is 4.39 Å². The van der Waals surface area contributed by atoms with Crippen LogP contribution in [0.4, 0.5) is 4.39 Å². The lowest BCUT2D eigenvalue weighted by Crippen LogP contribution is -2.45. The maximum absolute atomic E-state index is 13.5. The van der Waals surface area contributed by atoms with Gasteiger partial charge in [-0.3, -0.25) is 9.59 Å². The van der Waals surface area contributed by atoms with Crippen LogP contribution in [0, 0.1) is 12.7 Å². The molecule has 0 spiro atoms. The van der Waals surface area contributed by atoms with Gasteiger partial charge in [-0.1, -0.05) is 31.2 Å². The number of benzene rings is 2. The van der Waals surface area contributed by atoms with E-state index in [4.69, 9.17) is 0 Å². The second-order valence-electron chi connectivity index (χ2n) is 8.48. The number of thiophene rings is 1. The highest BCUT2D eigenvalue weighted by Crippen LogP contribution is 2.20. The number of halogens is 1. The van der Waals surface area contributed by atoms with E-state index in [-0.39, 0.29) is 30.2 Å². The molecule has 1 heterocycles. The minimum Gasteiger partial charge on any atom is -0.332 e. The lowest BCUT2D eigenvalue weighted by Gasteiger charge is -2.30. The van der Waals surface area contributed by atoms with Gasteiger partial charge in [-0.05, 0) is 79.6 Å². The number of hydrogen-bond acceptors (Lipinski definition) is 3. The zero-order valence-corrected chi connectivity index (χ0v) is 20.5. The van der Waals surface area contributed by atoms with E-state index in [1.54, 1.807) is 33.3 Å². The van der Waals surface area contributed by atoms with Gasteiger partial charge in [0, 0.05) is 23.0 Å². The molecule has 1 aromatic heterocycles. The molecule has 0 atom stereocenters. The molecule has 3 aromatic rings. The minimum absolute atomic E-state index is 0.0162. The van der Waals surface area contributed by atoms with Gasteiger partial charge < -0.3 is 9.80 Å². The molecule has 2 aromatic carbocycles. The smallest absolute Gasteiger partial charge is 0.254 e. The van der Waals surface area contributed by atoms with E-state index >= 15 is 0 Å². The highest BCUT2D eigenvalue weighted by Gasteiger charge is 2.25. The number of nitrogens with zero attached hydrogens (tertiary/aromatic N) is 2. The summed E-state index contributed by atoms with van der Waals surface area (Å²) in [5, 5.41) is 2.01. The van der Waals surface area contributed by atoms with Crippen molar-refractivity contribution in [2.45, 2.75) is 53.2 Å². The van der Waals surface area contributed by atoms with Crippen molar-refractivity contribution in [1.29, 1.82) is 0 Å². The lowest BCUT2D eigenvalue weighted by atomic mass is 10.1. The standard InChI is InChI=1S/C27H31FN2O2S/c1-5-21-6-10-23(11-7-21)27(32)30(19(2)3)18-26(31)29(17-25-20(4)14-15-33-25)16-22-8-12-24(28)13-9-22/h6-15,19H,5,16-18H2,1-4H3. The highest BCUT2D eigenvalue weighted by atomic mass is 32.1. The molecule has 0 aliphatic rings. The predicted octanol–water partition coefficient (Wildman–Crippen LogP) is 5.84. The van der Waals surface area contributed by atoms with E-state index in [0.717, 1.165) is 28.0 Å². The zero-order valence-electron chi connectivity index (χ0n) is 19.7. The highest BCUT2D eigenvalue weighted by molar-refractivity contribution is 7.10. The second kappa shape index (κ2) is 11.2. The summed E-state index contributed by atoms with van der Waals surface area (Å²) in [6.45, 7) is 8.71. The van der Waals surface area contributed by atoms with Crippen LogP contribution in [0.3, 0.4) is 0 Å². The first-order valence-electron chi connectivity index (χ1n) is 11.2. The summed E-state index contributed by atoms with van der Waals surface area (Å²) >= 11 is 1.61. The van der Waals surface area contributed by atoms with Crippen molar-refractivity contribution in [3.63, 3.8) is 0 Å². The number of carbonyl (C=O) groups excluding carboxylic acids is 2. The van der Waals surface area contributed by atoms with Gasteiger partial charge >= 0.3 is 0 Å². The van der Waals surface area contributed by atoms with Crippen LogP contribution in [0.15, 0.2) is 60.0 Å². The van der Waals surface area contributed by atoms with Gasteiger partial charge in [0.05, 0.1) is 6.54 Å². The van der Waals surface area contributed by atoms with E-state index < -0.39 is 0 Å². The minimum atomic E-state index is -0.309. The van der Waals surface area contributed by atoms with Crippen LogP contribution in [0.1, 0.15) is 52.7 Å². The van der Waals surface area contributed by atoms with Crippen LogP contribution >= 0.6 is 11.3 Å². The van der Waals surface area contributed by atoms with E-state index in [9.17, 15) is 14.0 Å². The van der Waals surface area contributed by atoms with Crippen molar-refractivity contribution in [3.05, 3.63) is 92.9 Å². The van der Waals surface area contributed by atoms with Crippen molar-refractivity contribution < 1.29 is 14.0 Å². The molecule has 0 saturated carbocycles. The van der Waals surface area contributed by atoms with Crippen LogP contribution in [-0.4, -0.2) is 34.2 Å². The van der Waals surface area contributed by atoms with Gasteiger partial charge in [-0.2, -0.15) is 0 Å². The van der Waals surface area contributed by atoms with Gasteiger partial charge in [0.15, 0.2) is 0 Å². The van der Waals surface area contributed by atoms with Crippen molar-refractivity contribution in [3.8, 4) is 0 Å². The van der Waals surface area contributed by atoms with Crippen molar-refractivity contribution in [2.24, 2.45) is 0 Å². The fourth-order valence-corrected chi connectivity index (χ4v) is 4.49. The first kappa shape index (κ1) is 24.6. The average Bonchev–Trinajstić information content (AvgIpc) is 3.22. The summed E-state index contributed by atoms with van der Waals surface area (Å²) in [6.07, 6.45) is 0.904. The molecule has 174 valence electrons. The van der Waals surface area contributed by atoms with Gasteiger partial charge in [0.25, 0.3) is 5.91 Å². The SMILES string of the molecule is CCc1ccc(C(=O)N(CC(=O)N(Cc2ccc(F)cc2)Cc2sccc2C)C(C)C)cc1. The summed E-state index contributed by atoms with van der Waals surface area (Å²) in [7, 11) is 0. The van der Waals surface area contributed by atoms with Crippen molar-refractivity contribution >= 4 is 23.2 Å². The Labute approximate surface area is 199 Å².